The van der Waals surface area contributed by atoms with E-state index in [1.807, 2.05) is 0 Å². The first-order valence-corrected chi connectivity index (χ1v) is 9.67. The van der Waals surface area contributed by atoms with Crippen LogP contribution < -0.4 is 5.73 Å². The average molecular weight is 406 g/mol. The molecule has 0 saturated heterocycles. The van der Waals surface area contributed by atoms with Gasteiger partial charge >= 0.3 is 0 Å². The third kappa shape index (κ3) is 3.56. The maximum Gasteiger partial charge on any atom is 0.255 e. The number of nitrogens with two attached hydrogens (primary N) is 1. The number of primary amides is 1. The molecule has 3 aromatic carbocycles. The summed E-state index contributed by atoms with van der Waals surface area (Å²) in [6.07, 6.45) is 0.704. The zero-order valence-electron chi connectivity index (χ0n) is 16.1. The van der Waals surface area contributed by atoms with E-state index in [1.165, 1.54) is 11.0 Å². The Labute approximate surface area is 172 Å². The van der Waals surface area contributed by atoms with Crippen LogP contribution in [0.2, 0.25) is 0 Å². The fraction of sp³-hybridized carbons (Fsp3) is 0.167. The molecule has 0 aromatic heterocycles. The van der Waals surface area contributed by atoms with Gasteiger partial charge in [0.2, 0.25) is 5.91 Å². The quantitative estimate of drug-likeness (QED) is 0.686. The largest absolute Gasteiger partial charge is 0.368 e. The van der Waals surface area contributed by atoms with Crippen molar-refractivity contribution in [3.05, 3.63) is 107 Å². The van der Waals surface area contributed by atoms with Gasteiger partial charge in [-0.15, -0.1) is 0 Å². The van der Waals surface area contributed by atoms with Gasteiger partial charge in [-0.1, -0.05) is 48.5 Å². The van der Waals surface area contributed by atoms with Crippen molar-refractivity contribution in [3.8, 4) is 0 Å². The summed E-state index contributed by atoms with van der Waals surface area (Å²) in [4.78, 5) is 27.5. The van der Waals surface area contributed by atoms with E-state index in [0.717, 1.165) is 6.07 Å². The van der Waals surface area contributed by atoms with Gasteiger partial charge in [-0.05, 0) is 47.7 Å². The maximum atomic E-state index is 14.4. The standard InChI is InChI=1S/C24H20F2N2O2/c25-17-13-19-18(20(26)14-17)11-12-21(19)28(24(30)16-9-5-2-6-10-16)22(23(27)29)15-7-3-1-4-8-15/h1-10,13-14,21-22H,11-12H2,(H2,27,29)/t21-,22-/m1/s1. The Kier molecular flexibility index (Phi) is 5.31. The van der Waals surface area contributed by atoms with Gasteiger partial charge in [0.05, 0.1) is 6.04 Å². The number of carbonyl (C=O) groups is 2. The number of hydrogen-bond acceptors (Lipinski definition) is 2. The van der Waals surface area contributed by atoms with Crippen molar-refractivity contribution in [1.82, 2.24) is 4.90 Å². The predicted octanol–water partition coefficient (Wildman–Crippen LogP) is 4.32. The van der Waals surface area contributed by atoms with Crippen LogP contribution in [-0.4, -0.2) is 16.7 Å². The summed E-state index contributed by atoms with van der Waals surface area (Å²) in [7, 11) is 0. The van der Waals surface area contributed by atoms with Gasteiger partial charge < -0.3 is 10.6 Å². The van der Waals surface area contributed by atoms with Crippen LogP contribution in [0.3, 0.4) is 0 Å². The van der Waals surface area contributed by atoms with Gasteiger partial charge in [0.15, 0.2) is 0 Å². The molecule has 4 rings (SSSR count). The monoisotopic (exact) mass is 406 g/mol. The first-order valence-electron chi connectivity index (χ1n) is 9.67. The van der Waals surface area contributed by atoms with Gasteiger partial charge in [-0.3, -0.25) is 9.59 Å². The lowest BCUT2D eigenvalue weighted by Gasteiger charge is -2.36. The first kappa shape index (κ1) is 19.8. The van der Waals surface area contributed by atoms with E-state index in [4.69, 9.17) is 5.73 Å². The Morgan fingerprint density at radius 1 is 0.967 bits per heavy atom. The molecule has 0 heterocycles. The minimum Gasteiger partial charge on any atom is -0.368 e. The molecule has 0 unspecified atom stereocenters. The van der Waals surface area contributed by atoms with Crippen LogP contribution in [0.15, 0.2) is 72.8 Å². The van der Waals surface area contributed by atoms with Gasteiger partial charge in [-0.25, -0.2) is 8.78 Å². The molecule has 0 fully saturated rings. The highest BCUT2D eigenvalue weighted by molar-refractivity contribution is 5.98. The molecule has 0 spiro atoms. The molecule has 30 heavy (non-hydrogen) atoms. The minimum atomic E-state index is -1.08. The van der Waals surface area contributed by atoms with E-state index in [9.17, 15) is 18.4 Å². The van der Waals surface area contributed by atoms with E-state index in [-0.39, 0.29) is 0 Å². The Morgan fingerprint density at radius 2 is 1.60 bits per heavy atom. The van der Waals surface area contributed by atoms with Crippen molar-refractivity contribution in [2.24, 2.45) is 5.73 Å². The lowest BCUT2D eigenvalue weighted by molar-refractivity contribution is -0.123. The van der Waals surface area contributed by atoms with Crippen LogP contribution in [0.4, 0.5) is 8.78 Å². The zero-order valence-corrected chi connectivity index (χ0v) is 16.1. The molecule has 0 radical (unpaired) electrons. The van der Waals surface area contributed by atoms with E-state index in [1.54, 1.807) is 60.7 Å². The fourth-order valence-electron chi connectivity index (χ4n) is 4.18. The predicted molar refractivity (Wildman–Crippen MR) is 108 cm³/mol. The van der Waals surface area contributed by atoms with Crippen LogP contribution in [0.25, 0.3) is 0 Å². The summed E-state index contributed by atoms with van der Waals surface area (Å²) in [6.45, 7) is 0. The lowest BCUT2D eigenvalue weighted by atomic mass is 9.98. The molecule has 6 heteroatoms. The highest BCUT2D eigenvalue weighted by Gasteiger charge is 2.40. The van der Waals surface area contributed by atoms with E-state index >= 15 is 0 Å². The first-order chi connectivity index (χ1) is 14.5. The summed E-state index contributed by atoms with van der Waals surface area (Å²) in [5.74, 6) is -2.50. The highest BCUT2D eigenvalue weighted by Crippen LogP contribution is 2.42. The van der Waals surface area contributed by atoms with Gasteiger partial charge in [0.25, 0.3) is 5.91 Å². The van der Waals surface area contributed by atoms with Crippen LogP contribution in [0.1, 0.15) is 45.6 Å². The van der Waals surface area contributed by atoms with Crippen molar-refractivity contribution in [3.63, 3.8) is 0 Å². The van der Waals surface area contributed by atoms with Crippen LogP contribution in [0, 0.1) is 11.6 Å². The minimum absolute atomic E-state index is 0.338. The number of amides is 2. The summed E-state index contributed by atoms with van der Waals surface area (Å²) >= 11 is 0. The van der Waals surface area contributed by atoms with Crippen LogP contribution in [-0.2, 0) is 11.2 Å². The molecular weight excluding hydrogens is 386 g/mol. The van der Waals surface area contributed by atoms with Crippen LogP contribution in [0.5, 0.6) is 0 Å². The summed E-state index contributed by atoms with van der Waals surface area (Å²) in [6, 6.07) is 17.5. The topological polar surface area (TPSA) is 63.4 Å². The van der Waals surface area contributed by atoms with Crippen molar-refractivity contribution in [2.45, 2.75) is 24.9 Å². The molecule has 2 atom stereocenters. The molecule has 0 aliphatic heterocycles. The van der Waals surface area contributed by atoms with E-state index in [2.05, 4.69) is 0 Å². The number of rotatable bonds is 5. The molecule has 152 valence electrons. The third-order valence-corrected chi connectivity index (χ3v) is 5.48. The normalized spacial score (nSPS) is 16.0. The second-order valence-corrected chi connectivity index (χ2v) is 7.30. The molecule has 2 amide bonds. The number of carbonyl (C=O) groups excluding carboxylic acids is 2. The fourth-order valence-corrected chi connectivity index (χ4v) is 4.18. The number of halogens is 2. The summed E-state index contributed by atoms with van der Waals surface area (Å²) in [5, 5.41) is 0. The number of fused-ring (bicyclic) bond motifs is 1. The van der Waals surface area contributed by atoms with Gasteiger partial charge in [0, 0.05) is 11.6 Å². The maximum absolute atomic E-state index is 14.4. The van der Waals surface area contributed by atoms with Gasteiger partial charge in [0.1, 0.15) is 17.7 Å². The van der Waals surface area contributed by atoms with Crippen molar-refractivity contribution in [1.29, 1.82) is 0 Å². The number of nitrogens with zero attached hydrogens (tertiary/aromatic N) is 1. The van der Waals surface area contributed by atoms with Crippen LogP contribution >= 0.6 is 0 Å². The molecule has 0 saturated carbocycles. The Bertz CT molecular complexity index is 1090. The average Bonchev–Trinajstić information content (AvgIpc) is 3.16. The van der Waals surface area contributed by atoms with Crippen molar-refractivity contribution >= 4 is 11.8 Å². The Balaban J connectivity index is 1.88. The summed E-state index contributed by atoms with van der Waals surface area (Å²) < 4.78 is 28.4. The molecule has 4 nitrogen and oxygen atoms in total. The second-order valence-electron chi connectivity index (χ2n) is 7.30. The smallest absolute Gasteiger partial charge is 0.255 e. The second kappa shape index (κ2) is 8.06. The molecular formula is C24H20F2N2O2. The third-order valence-electron chi connectivity index (χ3n) is 5.48. The molecule has 1 aliphatic rings. The molecule has 2 N–H and O–H groups in total. The lowest BCUT2D eigenvalue weighted by Crippen LogP contribution is -2.43. The Morgan fingerprint density at radius 3 is 2.23 bits per heavy atom. The SMILES string of the molecule is NC(=O)[C@@H](c1ccccc1)N(C(=O)c1ccccc1)[C@@H]1CCc2c(F)cc(F)cc21. The van der Waals surface area contributed by atoms with Crippen molar-refractivity contribution in [2.75, 3.05) is 0 Å². The van der Waals surface area contributed by atoms with Crippen molar-refractivity contribution < 1.29 is 18.4 Å². The number of benzene rings is 3. The molecule has 3 aromatic rings. The highest BCUT2D eigenvalue weighted by atomic mass is 19.1. The molecule has 1 aliphatic carbocycles. The molecule has 0 bridgehead atoms. The van der Waals surface area contributed by atoms with E-state index in [0.29, 0.717) is 35.1 Å². The number of hydrogen-bond donors (Lipinski definition) is 1. The Hall–Kier alpha value is -3.54. The van der Waals surface area contributed by atoms with Gasteiger partial charge in [-0.2, -0.15) is 0 Å². The van der Waals surface area contributed by atoms with E-state index < -0.39 is 35.5 Å². The zero-order chi connectivity index (χ0) is 21.3. The summed E-state index contributed by atoms with van der Waals surface area (Å²) in [5.41, 5.74) is 7.40.